The van der Waals surface area contributed by atoms with E-state index in [1.165, 1.54) is 6.92 Å². The lowest BCUT2D eigenvalue weighted by atomic mass is 9.44. The number of fused-ring (bicyclic) bond motifs is 7. The Bertz CT molecular complexity index is 2410. The minimum absolute atomic E-state index is 0.0181. The highest BCUT2D eigenvalue weighted by atomic mass is 16.8. The molecule has 7 saturated heterocycles. The second-order valence-corrected chi connectivity index (χ2v) is 29.1. The van der Waals surface area contributed by atoms with Crippen LogP contribution >= 0.6 is 0 Å². The quantitative estimate of drug-likeness (QED) is 0.0506. The Balaban J connectivity index is 0.777. The van der Waals surface area contributed by atoms with E-state index in [-0.39, 0.29) is 47.2 Å². The van der Waals surface area contributed by atoms with E-state index in [1.54, 1.807) is 7.11 Å². The lowest BCUT2D eigenvalue weighted by molar-refractivity contribution is -0.408. The normalized spacial score (nSPS) is 55.4. The average molecular weight is 1350 g/mol. The van der Waals surface area contributed by atoms with Crippen LogP contribution in [0.25, 0.3) is 0 Å². The molecule has 17 N–H and O–H groups in total. The van der Waals surface area contributed by atoms with Gasteiger partial charge in [-0.2, -0.15) is 0 Å². The van der Waals surface area contributed by atoms with Crippen LogP contribution in [0.4, 0.5) is 0 Å². The molecule has 11 rings (SSSR count). The average Bonchev–Trinajstić information content (AvgIpc) is 1.56. The summed E-state index contributed by atoms with van der Waals surface area (Å²) in [5, 5.41) is 183. The molecule has 11 aliphatic rings. The molecule has 4 aliphatic carbocycles. The smallest absolute Gasteiger partial charge is 0.187 e. The number of ether oxygens (including phenoxy) is 14. The Kier molecular flexibility index (Phi) is 23.1. The summed E-state index contributed by atoms with van der Waals surface area (Å²) in [6.45, 7) is 7.26. The highest BCUT2D eigenvalue weighted by Crippen LogP contribution is 2.71. The van der Waals surface area contributed by atoms with E-state index in [4.69, 9.17) is 66.3 Å². The van der Waals surface area contributed by atoms with E-state index in [1.807, 2.05) is 6.92 Å². The Morgan fingerprint density at radius 2 is 1.03 bits per heavy atom. The molecule has 0 bridgehead atoms. The molecular formula is C62H104O31. The maximum Gasteiger partial charge on any atom is 0.187 e. The molecule has 538 valence electrons. The van der Waals surface area contributed by atoms with Gasteiger partial charge in [-0.3, -0.25) is 0 Å². The van der Waals surface area contributed by atoms with Crippen LogP contribution in [0.15, 0.2) is 0 Å². The van der Waals surface area contributed by atoms with Gasteiger partial charge in [-0.25, -0.2) is 0 Å². The van der Waals surface area contributed by atoms with Crippen molar-refractivity contribution in [3.05, 3.63) is 0 Å². The van der Waals surface area contributed by atoms with E-state index >= 15 is 0 Å². The number of methoxy groups -OCH3 is 1. The van der Waals surface area contributed by atoms with Crippen molar-refractivity contribution in [2.24, 2.45) is 52.3 Å². The van der Waals surface area contributed by atoms with Gasteiger partial charge in [-0.15, -0.1) is 0 Å². The first-order chi connectivity index (χ1) is 44.1. The fourth-order valence-electron chi connectivity index (χ4n) is 18.3. The number of hydrogen-bond acceptors (Lipinski definition) is 31. The molecule has 4 saturated carbocycles. The summed E-state index contributed by atoms with van der Waals surface area (Å²) in [7, 11) is 1.70. The van der Waals surface area contributed by atoms with Crippen LogP contribution < -0.4 is 0 Å². The Morgan fingerprint density at radius 3 is 1.68 bits per heavy atom. The topological polar surface area (TPSA) is 473 Å². The zero-order chi connectivity index (χ0) is 67.1. The molecule has 31 nitrogen and oxygen atoms in total. The number of rotatable bonds is 20. The summed E-state index contributed by atoms with van der Waals surface area (Å²) in [5.74, 6) is 0.855. The Hall–Kier alpha value is -1.24. The zero-order valence-corrected chi connectivity index (χ0v) is 53.5. The predicted molar refractivity (Wildman–Crippen MR) is 308 cm³/mol. The number of hydrogen-bond donors (Lipinski definition) is 17. The van der Waals surface area contributed by atoms with Crippen molar-refractivity contribution >= 4 is 0 Å². The summed E-state index contributed by atoms with van der Waals surface area (Å²) in [6, 6.07) is 0. The first-order valence-electron chi connectivity index (χ1n) is 33.5. The third kappa shape index (κ3) is 13.7. The summed E-state index contributed by atoms with van der Waals surface area (Å²) >= 11 is 0. The second-order valence-electron chi connectivity index (χ2n) is 29.1. The summed E-state index contributed by atoms with van der Waals surface area (Å²) in [5.41, 5.74) is -0.106. The molecule has 2 unspecified atom stereocenters. The zero-order valence-electron chi connectivity index (χ0n) is 53.5. The molecule has 7 heterocycles. The van der Waals surface area contributed by atoms with Gasteiger partial charge in [0.25, 0.3) is 0 Å². The van der Waals surface area contributed by atoms with E-state index in [9.17, 15) is 86.8 Å². The van der Waals surface area contributed by atoms with Crippen molar-refractivity contribution < 1.29 is 153 Å². The SMILES string of the molecule is COC1(CCC(C)CO[C@@H]2O[C@H](CO)[C@@H](O)[C@H](O)[C@H]2O)O[C@H]2C[C@H]3[C@@H]4CC[C@H]5C[C@@H](O[C@@H]6O[C@H](CO)[C@H](O[C@@H]7O[C@H](CO)[C@@H](O)[C@H](O[C@@H]8OC[C@@H](O)[C@H](O)[C@H]8O)[C@H]7O[C@@H]7OC[C@@H](O)[C@H](O)[C@H]7O)[C@H](O)[C@H]6O[C@@H]6O[C@@H](C)[C@H](O)[C@@H](O)[C@H]6O)CC[C@]5(C)[C@H]4CC[C@]3(C)[C@H]2[C@@H]1C. The lowest BCUT2D eigenvalue weighted by Crippen LogP contribution is -2.68. The van der Waals surface area contributed by atoms with Crippen molar-refractivity contribution in [2.45, 2.75) is 289 Å². The van der Waals surface area contributed by atoms with E-state index < -0.39 is 217 Å². The van der Waals surface area contributed by atoms with Crippen LogP contribution in [0.5, 0.6) is 0 Å². The highest BCUT2D eigenvalue weighted by Gasteiger charge is 2.69. The van der Waals surface area contributed by atoms with Gasteiger partial charge >= 0.3 is 0 Å². The molecule has 93 heavy (non-hydrogen) atoms. The third-order valence-electron chi connectivity index (χ3n) is 23.8. The van der Waals surface area contributed by atoms with Crippen LogP contribution in [0.1, 0.15) is 98.8 Å². The minimum atomic E-state index is -1.96. The van der Waals surface area contributed by atoms with E-state index in [0.717, 1.165) is 38.5 Å². The maximum absolute atomic E-state index is 12.7. The molecule has 7 aliphatic heterocycles. The van der Waals surface area contributed by atoms with Crippen LogP contribution in [0.3, 0.4) is 0 Å². The maximum atomic E-state index is 12.7. The van der Waals surface area contributed by atoms with Gasteiger partial charge in [0.2, 0.25) is 0 Å². The summed E-state index contributed by atoms with van der Waals surface area (Å²) in [6.07, 6.45) is -39.3. The summed E-state index contributed by atoms with van der Waals surface area (Å²) in [4.78, 5) is 0. The van der Waals surface area contributed by atoms with Crippen LogP contribution in [0.2, 0.25) is 0 Å². The van der Waals surface area contributed by atoms with Crippen LogP contribution in [-0.2, 0) is 66.3 Å². The van der Waals surface area contributed by atoms with Crippen molar-refractivity contribution in [2.75, 3.05) is 46.8 Å². The summed E-state index contributed by atoms with van der Waals surface area (Å²) < 4.78 is 86.3. The van der Waals surface area contributed by atoms with Gasteiger partial charge in [0.15, 0.2) is 43.5 Å². The molecule has 0 radical (unpaired) electrons. The molecule has 40 atom stereocenters. The van der Waals surface area contributed by atoms with Crippen molar-refractivity contribution in [1.82, 2.24) is 0 Å². The van der Waals surface area contributed by atoms with Gasteiger partial charge in [-0.1, -0.05) is 27.7 Å². The van der Waals surface area contributed by atoms with Crippen LogP contribution in [-0.4, -0.2) is 324 Å². The third-order valence-corrected chi connectivity index (χ3v) is 23.8. The fourth-order valence-corrected chi connectivity index (χ4v) is 18.3. The molecule has 11 fully saturated rings. The molecule has 0 aromatic carbocycles. The molecule has 0 aromatic rings. The minimum Gasteiger partial charge on any atom is -0.394 e. The molecule has 0 amide bonds. The Labute approximate surface area is 539 Å². The number of aliphatic hydroxyl groups excluding tert-OH is 17. The first-order valence-corrected chi connectivity index (χ1v) is 33.5. The van der Waals surface area contributed by atoms with Gasteiger partial charge in [0.05, 0.1) is 58.0 Å². The fraction of sp³-hybridized carbons (Fsp3) is 1.00. The first kappa shape index (κ1) is 73.0. The van der Waals surface area contributed by atoms with E-state index in [0.29, 0.717) is 43.4 Å². The van der Waals surface area contributed by atoms with Gasteiger partial charge in [0.1, 0.15) is 128 Å². The molecule has 0 aromatic heterocycles. The largest absolute Gasteiger partial charge is 0.394 e. The van der Waals surface area contributed by atoms with Gasteiger partial charge < -0.3 is 153 Å². The number of aliphatic hydroxyl groups is 17. The van der Waals surface area contributed by atoms with Gasteiger partial charge in [0, 0.05) is 19.4 Å². The van der Waals surface area contributed by atoms with Crippen molar-refractivity contribution in [3.8, 4) is 0 Å². The van der Waals surface area contributed by atoms with Crippen molar-refractivity contribution in [1.29, 1.82) is 0 Å². The molecule has 0 spiro atoms. The predicted octanol–water partition coefficient (Wildman–Crippen LogP) is -5.35. The molecule has 31 heteroatoms. The lowest BCUT2D eigenvalue weighted by Gasteiger charge is -2.61. The molecular weight excluding hydrogens is 1240 g/mol. The van der Waals surface area contributed by atoms with Crippen molar-refractivity contribution in [3.63, 3.8) is 0 Å². The monoisotopic (exact) mass is 1340 g/mol. The van der Waals surface area contributed by atoms with E-state index in [2.05, 4.69) is 20.8 Å². The Morgan fingerprint density at radius 1 is 0.484 bits per heavy atom. The standard InChI is InChI=1S/C62H104O31/c1-23(20-81-54-47(77)44(74)41(71)34(17-63)86-54)9-14-62(80-6)24(2)37-33(93-62)16-30-28-8-7-26-15-27(10-12-60(26,4)29(28)11-13-61(30,37)5)85-58-52(91-57-48(78)43(73)38(68)25(3)84-57)49(79)50(36(19-65)88-58)89-59-53(92-56-46(76)40(70)32(67)22-83-56)51(42(72)35(18-64)87-59)90-55-45(75)39(69)31(66)21-82-55/h23-59,63-79H,7-22H2,1-6H3/t23?,24-,25-,26-,27-,28+,29-,30-,31+,32+,33-,34+,35+,36+,37-,38-,39-,40-,41+,42+,43+,44-,45+,46+,47+,48+,49-,50-,51-,52+,53+,54+,55-,56-,57-,58+,59-,60-,61-,62?/m0/s1. The second kappa shape index (κ2) is 29.4. The van der Waals surface area contributed by atoms with Crippen LogP contribution in [0, 0.1) is 52.3 Å². The highest BCUT2D eigenvalue weighted by molar-refractivity contribution is 5.15. The van der Waals surface area contributed by atoms with Gasteiger partial charge in [-0.05, 0) is 111 Å².